The van der Waals surface area contributed by atoms with Crippen LogP contribution in [0.15, 0.2) is 0 Å². The van der Waals surface area contributed by atoms with Gasteiger partial charge in [-0.15, -0.1) is 23.5 Å². The highest BCUT2D eigenvalue weighted by Gasteiger charge is 2.20. The van der Waals surface area contributed by atoms with Crippen molar-refractivity contribution in [2.24, 2.45) is 0 Å². The number of thioether (sulfide) groups is 2. The SMILES string of the molecule is CCCCC(CCCSC(C)C(=O)OCC)SC(C)C(=O)OCC. The fourth-order valence-electron chi connectivity index (χ4n) is 2.21. The minimum atomic E-state index is -0.129. The molecule has 0 amide bonds. The van der Waals surface area contributed by atoms with Crippen LogP contribution in [0.25, 0.3) is 0 Å². The fraction of sp³-hybridized carbons (Fsp3) is 0.889. The van der Waals surface area contributed by atoms with E-state index >= 15 is 0 Å². The molecule has 0 aliphatic rings. The van der Waals surface area contributed by atoms with Crippen LogP contribution in [0.5, 0.6) is 0 Å². The van der Waals surface area contributed by atoms with Crippen molar-refractivity contribution in [2.75, 3.05) is 19.0 Å². The van der Waals surface area contributed by atoms with Gasteiger partial charge in [0.05, 0.1) is 23.7 Å². The van der Waals surface area contributed by atoms with Crippen molar-refractivity contribution in [3.8, 4) is 0 Å². The van der Waals surface area contributed by atoms with E-state index in [2.05, 4.69) is 6.92 Å². The van der Waals surface area contributed by atoms with E-state index < -0.39 is 0 Å². The van der Waals surface area contributed by atoms with Crippen LogP contribution in [0, 0.1) is 0 Å². The molecule has 4 nitrogen and oxygen atoms in total. The lowest BCUT2D eigenvalue weighted by molar-refractivity contribution is -0.143. The number of unbranched alkanes of at least 4 members (excludes halogenated alkanes) is 1. The van der Waals surface area contributed by atoms with Gasteiger partial charge in [0.1, 0.15) is 0 Å². The summed E-state index contributed by atoms with van der Waals surface area (Å²) in [6.07, 6.45) is 5.59. The third kappa shape index (κ3) is 11.2. The Bertz CT molecular complexity index is 350. The Kier molecular flexibility index (Phi) is 14.7. The van der Waals surface area contributed by atoms with Crippen LogP contribution in [-0.4, -0.2) is 46.7 Å². The maximum atomic E-state index is 11.8. The maximum absolute atomic E-state index is 11.8. The summed E-state index contributed by atoms with van der Waals surface area (Å²) in [5, 5.41) is 0.255. The van der Waals surface area contributed by atoms with Crippen LogP contribution in [0.1, 0.15) is 66.7 Å². The molecule has 0 N–H and O–H groups in total. The van der Waals surface area contributed by atoms with Gasteiger partial charge in [0.25, 0.3) is 0 Å². The number of carbonyl (C=O) groups is 2. The lowest BCUT2D eigenvalue weighted by Gasteiger charge is -2.20. The largest absolute Gasteiger partial charge is 0.465 e. The predicted octanol–water partition coefficient (Wildman–Crippen LogP) is 4.70. The zero-order chi connectivity index (χ0) is 18.4. The van der Waals surface area contributed by atoms with E-state index in [1.54, 1.807) is 23.5 Å². The third-order valence-electron chi connectivity index (χ3n) is 3.55. The highest BCUT2D eigenvalue weighted by Crippen LogP contribution is 2.28. The van der Waals surface area contributed by atoms with Gasteiger partial charge in [0.2, 0.25) is 0 Å². The first-order valence-electron chi connectivity index (χ1n) is 9.06. The number of hydrogen-bond acceptors (Lipinski definition) is 6. The van der Waals surface area contributed by atoms with Crippen molar-refractivity contribution in [3.63, 3.8) is 0 Å². The molecule has 3 unspecified atom stereocenters. The summed E-state index contributed by atoms with van der Waals surface area (Å²) in [6.45, 7) is 10.6. The van der Waals surface area contributed by atoms with Crippen molar-refractivity contribution in [3.05, 3.63) is 0 Å². The maximum Gasteiger partial charge on any atom is 0.318 e. The van der Waals surface area contributed by atoms with E-state index in [0.29, 0.717) is 18.5 Å². The van der Waals surface area contributed by atoms with Crippen molar-refractivity contribution in [1.29, 1.82) is 0 Å². The molecule has 24 heavy (non-hydrogen) atoms. The van der Waals surface area contributed by atoms with E-state index in [-0.39, 0.29) is 22.4 Å². The molecule has 0 saturated heterocycles. The Morgan fingerprint density at radius 3 is 1.96 bits per heavy atom. The summed E-state index contributed by atoms with van der Waals surface area (Å²) < 4.78 is 10.1. The monoisotopic (exact) mass is 378 g/mol. The van der Waals surface area contributed by atoms with Crippen molar-refractivity contribution in [2.45, 2.75) is 82.5 Å². The summed E-state index contributed by atoms with van der Waals surface area (Å²) in [5.41, 5.74) is 0. The zero-order valence-electron chi connectivity index (χ0n) is 15.8. The molecule has 0 spiro atoms. The standard InChI is InChI=1S/C18H34O4S2/c1-6-9-11-16(24-15(5)18(20)22-8-3)12-10-13-23-14(4)17(19)21-7-2/h14-16H,6-13H2,1-5H3. The van der Waals surface area contributed by atoms with Gasteiger partial charge in [-0.1, -0.05) is 19.8 Å². The van der Waals surface area contributed by atoms with Crippen molar-refractivity contribution < 1.29 is 19.1 Å². The number of esters is 2. The average Bonchev–Trinajstić information content (AvgIpc) is 2.56. The Hall–Kier alpha value is -0.360. The summed E-state index contributed by atoms with van der Waals surface area (Å²) in [6, 6.07) is 0. The van der Waals surface area contributed by atoms with Gasteiger partial charge in [-0.3, -0.25) is 9.59 Å². The normalized spacial score (nSPS) is 14.7. The van der Waals surface area contributed by atoms with E-state index in [4.69, 9.17) is 9.47 Å². The van der Waals surface area contributed by atoms with Crippen LogP contribution in [0.2, 0.25) is 0 Å². The highest BCUT2D eigenvalue weighted by atomic mass is 32.2. The molecule has 0 aliphatic heterocycles. The smallest absolute Gasteiger partial charge is 0.318 e. The second kappa shape index (κ2) is 14.9. The molecule has 0 aromatic carbocycles. The molecule has 0 saturated carbocycles. The average molecular weight is 379 g/mol. The summed E-state index contributed by atoms with van der Waals surface area (Å²) in [5.74, 6) is 0.696. The fourth-order valence-corrected chi connectivity index (χ4v) is 4.47. The number of rotatable bonds is 14. The van der Waals surface area contributed by atoms with Crippen LogP contribution >= 0.6 is 23.5 Å². The van der Waals surface area contributed by atoms with Gasteiger partial charge in [-0.25, -0.2) is 0 Å². The quantitative estimate of drug-likeness (QED) is 0.323. The van der Waals surface area contributed by atoms with Crippen LogP contribution in [0.4, 0.5) is 0 Å². The molecule has 0 heterocycles. The van der Waals surface area contributed by atoms with Gasteiger partial charge < -0.3 is 9.47 Å². The number of hydrogen-bond donors (Lipinski definition) is 0. The molecule has 3 atom stereocenters. The molecule has 0 bridgehead atoms. The molecule has 142 valence electrons. The molecule has 0 aliphatic carbocycles. The van der Waals surface area contributed by atoms with Crippen LogP contribution in [0.3, 0.4) is 0 Å². The highest BCUT2D eigenvalue weighted by molar-refractivity contribution is 8.01. The summed E-state index contributed by atoms with van der Waals surface area (Å²) in [7, 11) is 0. The lowest BCUT2D eigenvalue weighted by atomic mass is 10.1. The molecule has 0 radical (unpaired) electrons. The van der Waals surface area contributed by atoms with E-state index in [0.717, 1.165) is 25.0 Å². The topological polar surface area (TPSA) is 52.6 Å². The second-order valence-corrected chi connectivity index (χ2v) is 8.80. The molecule has 6 heteroatoms. The minimum Gasteiger partial charge on any atom is -0.465 e. The first-order valence-corrected chi connectivity index (χ1v) is 11.1. The molecular formula is C18H34O4S2. The van der Waals surface area contributed by atoms with Gasteiger partial charge in [0.15, 0.2) is 0 Å². The van der Waals surface area contributed by atoms with Gasteiger partial charge >= 0.3 is 11.9 Å². The molecule has 0 fully saturated rings. The van der Waals surface area contributed by atoms with Crippen molar-refractivity contribution in [1.82, 2.24) is 0 Å². The number of ether oxygens (including phenoxy) is 2. The molecule has 0 aromatic heterocycles. The first-order chi connectivity index (χ1) is 11.5. The second-order valence-electron chi connectivity index (χ2n) is 5.70. The first kappa shape index (κ1) is 23.6. The van der Waals surface area contributed by atoms with Gasteiger partial charge in [0, 0.05) is 5.25 Å². The van der Waals surface area contributed by atoms with Gasteiger partial charge in [-0.2, -0.15) is 0 Å². The summed E-state index contributed by atoms with van der Waals surface area (Å²) in [4.78, 5) is 23.4. The van der Waals surface area contributed by atoms with Gasteiger partial charge in [-0.05, 0) is 52.7 Å². The van der Waals surface area contributed by atoms with Crippen LogP contribution < -0.4 is 0 Å². The Morgan fingerprint density at radius 1 is 0.875 bits per heavy atom. The number of carbonyl (C=O) groups excluding carboxylic acids is 2. The molecule has 0 aromatic rings. The Balaban J connectivity index is 4.18. The summed E-state index contributed by atoms with van der Waals surface area (Å²) >= 11 is 3.38. The zero-order valence-corrected chi connectivity index (χ0v) is 17.5. The van der Waals surface area contributed by atoms with E-state index in [9.17, 15) is 9.59 Å². The van der Waals surface area contributed by atoms with Crippen molar-refractivity contribution >= 4 is 35.5 Å². The van der Waals surface area contributed by atoms with E-state index in [1.807, 2.05) is 27.7 Å². The van der Waals surface area contributed by atoms with Crippen LogP contribution in [-0.2, 0) is 19.1 Å². The third-order valence-corrected chi connectivity index (χ3v) is 6.23. The molecular weight excluding hydrogens is 344 g/mol. The van der Waals surface area contributed by atoms with E-state index in [1.165, 1.54) is 12.8 Å². The predicted molar refractivity (Wildman–Crippen MR) is 105 cm³/mol. The minimum absolute atomic E-state index is 0.106. The molecule has 0 rings (SSSR count). The Morgan fingerprint density at radius 2 is 1.42 bits per heavy atom. The Labute approximate surface area is 156 Å². The lowest BCUT2D eigenvalue weighted by Crippen LogP contribution is -2.21.